The van der Waals surface area contributed by atoms with Crippen LogP contribution >= 0.6 is 0 Å². The molecule has 1 amide bonds. The van der Waals surface area contributed by atoms with Gasteiger partial charge in [-0.05, 0) is 6.42 Å². The van der Waals surface area contributed by atoms with E-state index in [-0.39, 0.29) is 29.7 Å². The van der Waals surface area contributed by atoms with Gasteiger partial charge in [-0.15, -0.1) is 6.58 Å². The lowest BCUT2D eigenvalue weighted by Crippen LogP contribution is -2.48. The Balaban J connectivity index is 2.21. The summed E-state index contributed by atoms with van der Waals surface area (Å²) in [6.45, 7) is 3.85. The van der Waals surface area contributed by atoms with Crippen molar-refractivity contribution in [3.8, 4) is 0 Å². The molecule has 0 radical (unpaired) electrons. The third-order valence-corrected chi connectivity index (χ3v) is 4.75. The van der Waals surface area contributed by atoms with Crippen molar-refractivity contribution in [3.05, 3.63) is 24.8 Å². The number of aldehydes is 1. The predicted molar refractivity (Wildman–Crippen MR) is 59.5 cm³/mol. The van der Waals surface area contributed by atoms with Crippen molar-refractivity contribution in [1.82, 2.24) is 4.90 Å². The lowest BCUT2D eigenvalue weighted by Gasteiger charge is -2.37. The van der Waals surface area contributed by atoms with Crippen LogP contribution in [0.2, 0.25) is 0 Å². The first-order valence-electron chi connectivity index (χ1n) is 5.71. The summed E-state index contributed by atoms with van der Waals surface area (Å²) >= 11 is 0. The highest BCUT2D eigenvalue weighted by Crippen LogP contribution is 2.62. The molecule has 0 N–H and O–H groups in total. The molecule has 3 rings (SSSR count). The topological polar surface area (TPSA) is 37.4 Å². The predicted octanol–water partition coefficient (Wildman–Crippen LogP) is 1.02. The molecule has 1 aliphatic heterocycles. The van der Waals surface area contributed by atoms with E-state index in [9.17, 15) is 9.59 Å². The number of hydrogen-bond acceptors (Lipinski definition) is 2. The van der Waals surface area contributed by atoms with Crippen molar-refractivity contribution in [2.45, 2.75) is 12.5 Å². The second kappa shape index (κ2) is 2.84. The maximum atomic E-state index is 12.3. The first-order valence-corrected chi connectivity index (χ1v) is 5.71. The largest absolute Gasteiger partial charge is 0.341 e. The molecule has 3 aliphatic rings. The molecular weight excluding hydrogens is 202 g/mol. The summed E-state index contributed by atoms with van der Waals surface area (Å²) in [4.78, 5) is 25.3. The average Bonchev–Trinajstić information content (AvgIpc) is 2.59. The van der Waals surface area contributed by atoms with Gasteiger partial charge in [0.15, 0.2) is 0 Å². The lowest BCUT2D eigenvalue weighted by atomic mass is 9.67. The van der Waals surface area contributed by atoms with Gasteiger partial charge in [0.05, 0.1) is 5.41 Å². The summed E-state index contributed by atoms with van der Waals surface area (Å²) < 4.78 is 0. The van der Waals surface area contributed by atoms with Gasteiger partial charge in [-0.3, -0.25) is 4.79 Å². The highest BCUT2D eigenvalue weighted by molar-refractivity contribution is 5.92. The number of piperidine rings is 1. The maximum absolute atomic E-state index is 12.3. The summed E-state index contributed by atoms with van der Waals surface area (Å²) in [6.07, 6.45) is 7.84. The Labute approximate surface area is 94.8 Å². The summed E-state index contributed by atoms with van der Waals surface area (Å²) in [5.74, 6) is 0.372. The standard InChI is InChI=1S/C13H15NO2/c1-3-13-9-5-4-6-10(13)11(8(9)7-15)14(2)12(13)16/h3-5,7-11H,1,6H2,2H3/t8-,9+,10-,11+,13-/m0/s1. The van der Waals surface area contributed by atoms with Crippen LogP contribution in [0.25, 0.3) is 0 Å². The quantitative estimate of drug-likeness (QED) is 0.511. The number of likely N-dealkylation sites (tertiary alicyclic amines) is 1. The summed E-state index contributed by atoms with van der Waals surface area (Å²) in [7, 11) is 1.81. The van der Waals surface area contributed by atoms with Crippen LogP contribution in [0.3, 0.4) is 0 Å². The molecular formula is C13H15NO2. The van der Waals surface area contributed by atoms with Gasteiger partial charge in [-0.25, -0.2) is 0 Å². The van der Waals surface area contributed by atoms with Gasteiger partial charge < -0.3 is 9.69 Å². The minimum atomic E-state index is -0.500. The molecule has 3 heteroatoms. The van der Waals surface area contributed by atoms with Gasteiger partial charge in [-0.1, -0.05) is 18.2 Å². The van der Waals surface area contributed by atoms with Crippen LogP contribution in [0, 0.1) is 23.2 Å². The normalized spacial score (nSPS) is 48.6. The van der Waals surface area contributed by atoms with E-state index in [0.29, 0.717) is 0 Å². The number of carbonyl (C=O) groups is 2. The van der Waals surface area contributed by atoms with Gasteiger partial charge in [0.1, 0.15) is 6.29 Å². The Hall–Kier alpha value is -1.38. The molecule has 5 atom stereocenters. The lowest BCUT2D eigenvalue weighted by molar-refractivity contribution is -0.141. The van der Waals surface area contributed by atoms with Gasteiger partial charge >= 0.3 is 0 Å². The summed E-state index contributed by atoms with van der Waals surface area (Å²) in [6, 6.07) is 0.0722. The van der Waals surface area contributed by atoms with Gasteiger partial charge in [0, 0.05) is 30.8 Å². The summed E-state index contributed by atoms with van der Waals surface area (Å²) in [5, 5.41) is 0. The molecule has 1 saturated heterocycles. The Bertz CT molecular complexity index is 414. The zero-order chi connectivity index (χ0) is 11.5. The molecule has 0 unspecified atom stereocenters. The number of allylic oxidation sites excluding steroid dienone is 2. The maximum Gasteiger partial charge on any atom is 0.233 e. The Morgan fingerprint density at radius 1 is 1.62 bits per heavy atom. The van der Waals surface area contributed by atoms with E-state index in [2.05, 4.69) is 12.7 Å². The molecule has 1 saturated carbocycles. The van der Waals surface area contributed by atoms with E-state index in [1.54, 1.807) is 11.0 Å². The second-order valence-corrected chi connectivity index (χ2v) is 5.05. The zero-order valence-electron chi connectivity index (χ0n) is 9.30. The Morgan fingerprint density at radius 3 is 2.94 bits per heavy atom. The molecule has 2 aliphatic carbocycles. The van der Waals surface area contributed by atoms with Crippen molar-refractivity contribution in [3.63, 3.8) is 0 Å². The molecule has 84 valence electrons. The van der Waals surface area contributed by atoms with Crippen molar-refractivity contribution in [1.29, 1.82) is 0 Å². The third-order valence-electron chi connectivity index (χ3n) is 4.75. The van der Waals surface area contributed by atoms with Crippen LogP contribution in [0.15, 0.2) is 24.8 Å². The number of hydrogen-bond donors (Lipinski definition) is 0. The molecule has 0 spiro atoms. The first-order chi connectivity index (χ1) is 7.68. The highest BCUT2D eigenvalue weighted by Gasteiger charge is 2.69. The Morgan fingerprint density at radius 2 is 2.38 bits per heavy atom. The fourth-order valence-electron chi connectivity index (χ4n) is 4.13. The van der Waals surface area contributed by atoms with E-state index in [0.717, 1.165) is 12.7 Å². The van der Waals surface area contributed by atoms with Crippen LogP contribution in [-0.2, 0) is 9.59 Å². The molecule has 0 aromatic heterocycles. The van der Waals surface area contributed by atoms with E-state index in [4.69, 9.17) is 0 Å². The molecule has 4 bridgehead atoms. The molecule has 1 heterocycles. The van der Waals surface area contributed by atoms with Gasteiger partial charge in [-0.2, -0.15) is 0 Å². The van der Waals surface area contributed by atoms with Crippen molar-refractivity contribution >= 4 is 12.2 Å². The minimum absolute atomic E-state index is 0.0370. The monoisotopic (exact) mass is 217 g/mol. The van der Waals surface area contributed by atoms with Crippen LogP contribution in [0.4, 0.5) is 0 Å². The van der Waals surface area contributed by atoms with E-state index < -0.39 is 5.41 Å². The molecule has 16 heavy (non-hydrogen) atoms. The molecule has 0 aromatic carbocycles. The van der Waals surface area contributed by atoms with Crippen LogP contribution in [0.5, 0.6) is 0 Å². The van der Waals surface area contributed by atoms with Gasteiger partial charge in [0.2, 0.25) is 5.91 Å². The van der Waals surface area contributed by atoms with Crippen LogP contribution in [-0.4, -0.2) is 30.2 Å². The smallest absolute Gasteiger partial charge is 0.233 e. The fourth-order valence-corrected chi connectivity index (χ4v) is 4.13. The highest BCUT2D eigenvalue weighted by atomic mass is 16.2. The molecule has 0 aromatic rings. The summed E-state index contributed by atoms with van der Waals surface area (Å²) in [5.41, 5.74) is -0.500. The van der Waals surface area contributed by atoms with Crippen molar-refractivity contribution < 1.29 is 9.59 Å². The first kappa shape index (κ1) is 9.82. The fraction of sp³-hybridized carbons (Fsp3) is 0.538. The number of rotatable bonds is 2. The van der Waals surface area contributed by atoms with Crippen LogP contribution < -0.4 is 0 Å². The second-order valence-electron chi connectivity index (χ2n) is 5.05. The third kappa shape index (κ3) is 0.751. The number of nitrogens with zero attached hydrogens (tertiary/aromatic N) is 1. The van der Waals surface area contributed by atoms with Crippen molar-refractivity contribution in [2.24, 2.45) is 23.2 Å². The van der Waals surface area contributed by atoms with E-state index in [1.165, 1.54) is 0 Å². The Kier molecular flexibility index (Phi) is 1.74. The number of amides is 1. The molecule has 3 nitrogen and oxygen atoms in total. The van der Waals surface area contributed by atoms with Crippen molar-refractivity contribution in [2.75, 3.05) is 7.05 Å². The average molecular weight is 217 g/mol. The molecule has 2 fully saturated rings. The zero-order valence-corrected chi connectivity index (χ0v) is 9.30. The SMILES string of the molecule is C=C[C@]12C(=O)N(C)[C@@H]3[C@@H](C=O)[C@H]1C=CC[C@@H]32. The minimum Gasteiger partial charge on any atom is -0.341 e. The van der Waals surface area contributed by atoms with Crippen LogP contribution in [0.1, 0.15) is 6.42 Å². The van der Waals surface area contributed by atoms with Gasteiger partial charge in [0.25, 0.3) is 0 Å². The van der Waals surface area contributed by atoms with E-state index in [1.807, 2.05) is 13.1 Å². The van der Waals surface area contributed by atoms with E-state index >= 15 is 0 Å². The number of carbonyl (C=O) groups excluding carboxylic acids is 2.